The standard InChI is InChI=1S/C22H20O6S2/c1-28-18-11-7-16(8-12-18)17-9-13-19(14-10-17)30(26,27)22-6-4-3-5-20(22)21(23)15-29(2,24)25/h3-14H,15H2,1-2H3. The molecule has 0 radical (unpaired) electrons. The molecule has 0 fully saturated rings. The number of rotatable bonds is 7. The maximum atomic E-state index is 13.1. The number of benzene rings is 3. The van der Waals surface area contributed by atoms with Gasteiger partial charge in [0.1, 0.15) is 11.5 Å². The fourth-order valence-corrected chi connectivity index (χ4v) is 5.09. The SMILES string of the molecule is COc1ccc(-c2ccc(S(=O)(=O)c3ccccc3C(=O)CS(C)(=O)=O)cc2)cc1. The van der Waals surface area contributed by atoms with E-state index in [1.165, 1.54) is 36.4 Å². The van der Waals surface area contributed by atoms with Gasteiger partial charge in [-0.1, -0.05) is 42.5 Å². The highest BCUT2D eigenvalue weighted by Gasteiger charge is 2.25. The van der Waals surface area contributed by atoms with Gasteiger partial charge in [0.15, 0.2) is 15.6 Å². The van der Waals surface area contributed by atoms with Crippen molar-refractivity contribution in [1.29, 1.82) is 0 Å². The molecule has 0 aliphatic carbocycles. The summed E-state index contributed by atoms with van der Waals surface area (Å²) in [5.74, 6) is -0.796. The molecule has 0 saturated heterocycles. The molecule has 0 aromatic heterocycles. The van der Waals surface area contributed by atoms with Gasteiger partial charge in [0.2, 0.25) is 9.84 Å². The third-order valence-electron chi connectivity index (χ3n) is 4.46. The Morgan fingerprint density at radius 3 is 1.87 bits per heavy atom. The van der Waals surface area contributed by atoms with Crippen molar-refractivity contribution >= 4 is 25.5 Å². The van der Waals surface area contributed by atoms with Gasteiger partial charge >= 0.3 is 0 Å². The van der Waals surface area contributed by atoms with Crippen LogP contribution >= 0.6 is 0 Å². The molecule has 6 nitrogen and oxygen atoms in total. The van der Waals surface area contributed by atoms with E-state index < -0.39 is 31.2 Å². The van der Waals surface area contributed by atoms with E-state index in [0.717, 1.165) is 17.4 Å². The van der Waals surface area contributed by atoms with Gasteiger partial charge in [-0.15, -0.1) is 0 Å². The summed E-state index contributed by atoms with van der Waals surface area (Å²) >= 11 is 0. The number of sulfone groups is 2. The summed E-state index contributed by atoms with van der Waals surface area (Å²) < 4.78 is 54.4. The van der Waals surface area contributed by atoms with Crippen LogP contribution in [0, 0.1) is 0 Å². The second-order valence-electron chi connectivity index (χ2n) is 6.75. The van der Waals surface area contributed by atoms with Gasteiger partial charge in [0.25, 0.3) is 0 Å². The first-order valence-corrected chi connectivity index (χ1v) is 12.5. The summed E-state index contributed by atoms with van der Waals surface area (Å²) in [5, 5.41) is 0. The highest BCUT2D eigenvalue weighted by atomic mass is 32.2. The van der Waals surface area contributed by atoms with Crippen LogP contribution in [0.15, 0.2) is 82.6 Å². The van der Waals surface area contributed by atoms with Gasteiger partial charge in [-0.25, -0.2) is 16.8 Å². The monoisotopic (exact) mass is 444 g/mol. The fraction of sp³-hybridized carbons (Fsp3) is 0.136. The molecule has 0 bridgehead atoms. The molecule has 0 amide bonds. The Hall–Kier alpha value is -2.97. The molecule has 0 spiro atoms. The van der Waals surface area contributed by atoms with E-state index in [1.54, 1.807) is 19.2 Å². The van der Waals surface area contributed by atoms with Gasteiger partial charge in [-0.05, 0) is 41.5 Å². The zero-order valence-electron chi connectivity index (χ0n) is 16.4. The lowest BCUT2D eigenvalue weighted by atomic mass is 10.1. The molecule has 3 aromatic carbocycles. The second kappa shape index (κ2) is 8.41. The Bertz CT molecular complexity index is 1270. The molecule has 3 rings (SSSR count). The summed E-state index contributed by atoms with van der Waals surface area (Å²) in [6.45, 7) is 0. The van der Waals surface area contributed by atoms with Crippen molar-refractivity contribution in [1.82, 2.24) is 0 Å². The lowest BCUT2D eigenvalue weighted by molar-refractivity contribution is 0.101. The first-order valence-electron chi connectivity index (χ1n) is 8.91. The molecule has 0 atom stereocenters. The van der Waals surface area contributed by atoms with Crippen LogP contribution in [0.25, 0.3) is 11.1 Å². The van der Waals surface area contributed by atoms with Crippen LogP contribution in [0.2, 0.25) is 0 Å². The Morgan fingerprint density at radius 2 is 1.33 bits per heavy atom. The van der Waals surface area contributed by atoms with Gasteiger partial charge < -0.3 is 4.74 Å². The molecule has 8 heteroatoms. The highest BCUT2D eigenvalue weighted by Crippen LogP contribution is 2.28. The first kappa shape index (κ1) is 21.7. The minimum atomic E-state index is -4.02. The van der Waals surface area contributed by atoms with Crippen LogP contribution in [-0.4, -0.2) is 41.7 Å². The Kier molecular flexibility index (Phi) is 6.09. The van der Waals surface area contributed by atoms with Crippen LogP contribution in [0.4, 0.5) is 0 Å². The smallest absolute Gasteiger partial charge is 0.207 e. The van der Waals surface area contributed by atoms with E-state index in [9.17, 15) is 21.6 Å². The van der Waals surface area contributed by atoms with Crippen molar-refractivity contribution in [2.45, 2.75) is 9.79 Å². The lowest BCUT2D eigenvalue weighted by Crippen LogP contribution is -2.17. The molecule has 0 heterocycles. The molecule has 3 aromatic rings. The van der Waals surface area contributed by atoms with Crippen molar-refractivity contribution in [3.05, 3.63) is 78.4 Å². The molecule has 30 heavy (non-hydrogen) atoms. The summed E-state index contributed by atoms with van der Waals surface area (Å²) in [5.41, 5.74) is 1.57. The van der Waals surface area contributed by atoms with Crippen LogP contribution < -0.4 is 4.74 Å². The maximum Gasteiger partial charge on any atom is 0.207 e. The Balaban J connectivity index is 1.97. The zero-order valence-corrected chi connectivity index (χ0v) is 18.0. The van der Waals surface area contributed by atoms with E-state index in [4.69, 9.17) is 4.74 Å². The molecular weight excluding hydrogens is 424 g/mol. The number of Topliss-reactive ketones (excluding diaryl/α,β-unsaturated/α-hetero) is 1. The summed E-state index contributed by atoms with van der Waals surface area (Å²) in [6, 6.07) is 19.3. The van der Waals surface area contributed by atoms with Crippen molar-refractivity contribution in [2.75, 3.05) is 19.1 Å². The number of ketones is 1. The van der Waals surface area contributed by atoms with Crippen LogP contribution in [0.5, 0.6) is 5.75 Å². The zero-order chi connectivity index (χ0) is 21.9. The van der Waals surface area contributed by atoms with Crippen LogP contribution in [0.3, 0.4) is 0 Å². The molecule has 156 valence electrons. The Morgan fingerprint density at radius 1 is 0.800 bits per heavy atom. The first-order chi connectivity index (χ1) is 14.1. The summed E-state index contributed by atoms with van der Waals surface area (Å²) in [7, 11) is -6.03. The molecule has 0 aliphatic rings. The number of methoxy groups -OCH3 is 1. The number of ether oxygens (including phenoxy) is 1. The minimum Gasteiger partial charge on any atom is -0.497 e. The van der Waals surface area contributed by atoms with E-state index in [2.05, 4.69) is 0 Å². The largest absolute Gasteiger partial charge is 0.497 e. The number of carbonyl (C=O) groups is 1. The normalized spacial score (nSPS) is 11.8. The summed E-state index contributed by atoms with van der Waals surface area (Å²) in [6.07, 6.45) is 0.930. The number of carbonyl (C=O) groups excluding carboxylic acids is 1. The fourth-order valence-electron chi connectivity index (χ4n) is 2.98. The van der Waals surface area contributed by atoms with Gasteiger partial charge in [0.05, 0.1) is 16.9 Å². The van der Waals surface area contributed by atoms with Crippen LogP contribution in [-0.2, 0) is 19.7 Å². The van der Waals surface area contributed by atoms with Gasteiger partial charge in [-0.2, -0.15) is 0 Å². The van der Waals surface area contributed by atoms with Gasteiger partial charge in [0, 0.05) is 11.8 Å². The number of hydrogen-bond acceptors (Lipinski definition) is 6. The van der Waals surface area contributed by atoms with E-state index in [1.807, 2.05) is 24.3 Å². The highest BCUT2D eigenvalue weighted by molar-refractivity contribution is 7.92. The molecule has 0 saturated carbocycles. The topological polar surface area (TPSA) is 94.6 Å². The van der Waals surface area contributed by atoms with Crippen molar-refractivity contribution in [3.63, 3.8) is 0 Å². The summed E-state index contributed by atoms with van der Waals surface area (Å²) in [4.78, 5) is 12.2. The third-order valence-corrected chi connectivity index (χ3v) is 7.07. The van der Waals surface area contributed by atoms with Crippen LogP contribution in [0.1, 0.15) is 10.4 Å². The van der Waals surface area contributed by atoms with Crippen molar-refractivity contribution in [3.8, 4) is 16.9 Å². The van der Waals surface area contributed by atoms with Crippen molar-refractivity contribution < 1.29 is 26.4 Å². The minimum absolute atomic E-state index is 0.0133. The Labute approximate surface area is 176 Å². The predicted molar refractivity (Wildman–Crippen MR) is 114 cm³/mol. The quantitative estimate of drug-likeness (QED) is 0.518. The third kappa shape index (κ3) is 4.77. The van der Waals surface area contributed by atoms with E-state index in [-0.39, 0.29) is 15.4 Å². The molecular formula is C22H20O6S2. The predicted octanol–water partition coefficient (Wildman–Crippen LogP) is 3.42. The maximum absolute atomic E-state index is 13.1. The van der Waals surface area contributed by atoms with E-state index >= 15 is 0 Å². The van der Waals surface area contributed by atoms with E-state index in [0.29, 0.717) is 5.75 Å². The average Bonchev–Trinajstić information content (AvgIpc) is 2.73. The lowest BCUT2D eigenvalue weighted by Gasteiger charge is -2.11. The molecule has 0 N–H and O–H groups in total. The van der Waals surface area contributed by atoms with Crippen molar-refractivity contribution in [2.24, 2.45) is 0 Å². The second-order valence-corrected chi connectivity index (χ2v) is 10.8. The molecule has 0 aliphatic heterocycles. The average molecular weight is 445 g/mol. The van der Waals surface area contributed by atoms with Gasteiger partial charge in [-0.3, -0.25) is 4.79 Å². The molecule has 0 unspecified atom stereocenters. The number of hydrogen-bond donors (Lipinski definition) is 0.